The van der Waals surface area contributed by atoms with E-state index in [-0.39, 0.29) is 28.2 Å². The van der Waals surface area contributed by atoms with Gasteiger partial charge in [-0.1, -0.05) is 109 Å². The summed E-state index contributed by atoms with van der Waals surface area (Å²) in [4.78, 5) is 26.1. The fourth-order valence-corrected chi connectivity index (χ4v) is 8.48. The summed E-state index contributed by atoms with van der Waals surface area (Å²) in [6.07, 6.45) is 5.50. The predicted molar refractivity (Wildman–Crippen MR) is 202 cm³/mol. The van der Waals surface area contributed by atoms with Crippen molar-refractivity contribution in [3.8, 4) is 11.1 Å². The lowest BCUT2D eigenvalue weighted by molar-refractivity contribution is -0.138. The fourth-order valence-electron chi connectivity index (χ4n) is 8.48. The monoisotopic (exact) mass is 665 g/mol. The van der Waals surface area contributed by atoms with Gasteiger partial charge in [-0.25, -0.2) is 9.59 Å². The number of anilines is 3. The molecule has 5 heteroatoms. The molecule has 4 aromatic carbocycles. The zero-order valence-corrected chi connectivity index (χ0v) is 30.2. The summed E-state index contributed by atoms with van der Waals surface area (Å²) in [5.41, 5.74) is 16.0. The fraction of sp³-hybridized carbons (Fsp3) is 0.333. The topological polar surface area (TPSA) is 55.8 Å². The molecule has 0 N–H and O–H groups in total. The number of ether oxygens (including phenoxy) is 2. The minimum atomic E-state index is -0.385. The van der Waals surface area contributed by atoms with Gasteiger partial charge in [0.15, 0.2) is 0 Å². The van der Waals surface area contributed by atoms with Crippen molar-refractivity contribution < 1.29 is 19.1 Å². The second-order valence-corrected chi connectivity index (χ2v) is 15.5. The highest BCUT2D eigenvalue weighted by atomic mass is 16.5. The lowest BCUT2D eigenvalue weighted by atomic mass is 9.60. The maximum atomic E-state index is 11.8. The average molecular weight is 666 g/mol. The van der Waals surface area contributed by atoms with Crippen molar-refractivity contribution in [3.63, 3.8) is 0 Å². The first-order chi connectivity index (χ1) is 23.8. The molecule has 0 bridgehead atoms. The Balaban J connectivity index is 1.45. The molecule has 3 heterocycles. The summed E-state index contributed by atoms with van der Waals surface area (Å²) in [5.74, 6) is -0.769. The molecule has 4 aromatic rings. The van der Waals surface area contributed by atoms with Crippen LogP contribution in [0.5, 0.6) is 0 Å². The Bertz CT molecular complexity index is 1940. The third-order valence-electron chi connectivity index (χ3n) is 11.3. The zero-order chi connectivity index (χ0) is 35.6. The van der Waals surface area contributed by atoms with Crippen molar-refractivity contribution in [2.24, 2.45) is 0 Å². The lowest BCUT2D eigenvalue weighted by Gasteiger charge is -2.55. The molecule has 0 spiro atoms. The number of esters is 2. The van der Waals surface area contributed by atoms with Crippen LogP contribution in [0.4, 0.5) is 17.1 Å². The second-order valence-electron chi connectivity index (χ2n) is 15.5. The molecule has 0 radical (unpaired) electrons. The van der Waals surface area contributed by atoms with Gasteiger partial charge in [0.05, 0.1) is 30.3 Å². The van der Waals surface area contributed by atoms with Gasteiger partial charge in [0, 0.05) is 28.4 Å². The van der Waals surface area contributed by atoms with Crippen LogP contribution in [0, 0.1) is 0 Å². The van der Waals surface area contributed by atoms with Gasteiger partial charge in [0.2, 0.25) is 0 Å². The number of aryl methyl sites for hydroxylation is 2. The Hall–Kier alpha value is -4.90. The highest BCUT2D eigenvalue weighted by molar-refractivity contribution is 5.99. The maximum absolute atomic E-state index is 11.8. The maximum Gasteiger partial charge on any atom is 0.330 e. The minimum Gasteiger partial charge on any atom is -0.463 e. The molecule has 0 fully saturated rings. The Labute approximate surface area is 296 Å². The molecule has 0 unspecified atom stereocenters. The van der Waals surface area contributed by atoms with Gasteiger partial charge in [0.1, 0.15) is 0 Å². The number of rotatable bonds is 11. The largest absolute Gasteiger partial charge is 0.463 e. The Morgan fingerprint density at radius 1 is 0.580 bits per heavy atom. The van der Waals surface area contributed by atoms with Crippen LogP contribution in [0.1, 0.15) is 98.9 Å². The first-order valence-electron chi connectivity index (χ1n) is 17.8. The summed E-state index contributed by atoms with van der Waals surface area (Å²) < 4.78 is 10.7. The summed E-state index contributed by atoms with van der Waals surface area (Å²) in [5, 5.41) is 0. The van der Waals surface area contributed by atoms with Crippen molar-refractivity contribution >= 4 is 29.0 Å². The van der Waals surface area contributed by atoms with Crippen molar-refractivity contribution in [1.29, 1.82) is 0 Å². The molecule has 3 aliphatic rings. The zero-order valence-electron chi connectivity index (χ0n) is 30.2. The van der Waals surface area contributed by atoms with E-state index >= 15 is 0 Å². The van der Waals surface area contributed by atoms with Crippen molar-refractivity contribution in [1.82, 2.24) is 0 Å². The van der Waals surface area contributed by atoms with Gasteiger partial charge >= 0.3 is 11.9 Å². The van der Waals surface area contributed by atoms with Crippen LogP contribution >= 0.6 is 0 Å². The van der Waals surface area contributed by atoms with Crippen LogP contribution in [0.2, 0.25) is 0 Å². The standard InChI is InChI=1S/C45H47NO4/c1-9-38(47)49-20-14-16-28-22-32-40-34(24-28)44(5,6)36-26-31(30-18-12-11-13-19-30)27-37-42(36)46(40)41-33(43(32,3)4)23-29(25-35(41)45(37,7)8)17-15-21-50-39(48)10-2/h9-13,18-19,22-27H,1-2,14-17,20-21H2,3-8H3. The molecule has 0 saturated carbocycles. The second kappa shape index (κ2) is 12.2. The first-order valence-corrected chi connectivity index (χ1v) is 17.8. The normalized spacial score (nSPS) is 16.2. The molecule has 0 aliphatic carbocycles. The lowest BCUT2D eigenvalue weighted by Crippen LogP contribution is -2.44. The SMILES string of the molecule is C=CC(=O)OCCCc1cc2c3c(c1)C(C)(C)c1cc(-c4ccccc4)cc4c1N3c1c(cc(CCCOC(=O)C=C)cc1C4(C)C)C2(C)C. The van der Waals surface area contributed by atoms with E-state index in [1.807, 2.05) is 0 Å². The highest BCUT2D eigenvalue weighted by Gasteiger charge is 2.52. The van der Waals surface area contributed by atoms with E-state index in [1.54, 1.807) is 0 Å². The van der Waals surface area contributed by atoms with Crippen LogP contribution in [-0.4, -0.2) is 25.2 Å². The smallest absolute Gasteiger partial charge is 0.330 e. The number of carbonyl (C=O) groups is 2. The predicted octanol–water partition coefficient (Wildman–Crippen LogP) is 10.1. The minimum absolute atomic E-state index is 0.273. The van der Waals surface area contributed by atoms with Crippen LogP contribution in [0.25, 0.3) is 11.1 Å². The van der Waals surface area contributed by atoms with Gasteiger partial charge in [0.25, 0.3) is 0 Å². The van der Waals surface area contributed by atoms with Crippen LogP contribution < -0.4 is 4.90 Å². The van der Waals surface area contributed by atoms with Crippen molar-refractivity contribution in [3.05, 3.63) is 137 Å². The molecule has 3 aliphatic heterocycles. The third-order valence-corrected chi connectivity index (χ3v) is 11.3. The summed E-state index contributed by atoms with van der Waals surface area (Å²) >= 11 is 0. The van der Waals surface area contributed by atoms with E-state index in [0.29, 0.717) is 13.2 Å². The molecule has 0 amide bonds. The number of hydrogen-bond acceptors (Lipinski definition) is 5. The molecule has 5 nitrogen and oxygen atoms in total. The summed E-state index contributed by atoms with van der Waals surface area (Å²) in [6.45, 7) is 22.0. The van der Waals surface area contributed by atoms with Crippen molar-refractivity contribution in [2.75, 3.05) is 18.1 Å². The number of hydrogen-bond donors (Lipinski definition) is 0. The van der Waals surface area contributed by atoms with Crippen molar-refractivity contribution in [2.45, 2.75) is 83.5 Å². The molecule has 0 saturated heterocycles. The molecular formula is C45H47NO4. The van der Waals surface area contributed by atoms with E-state index in [4.69, 9.17) is 9.47 Å². The molecule has 7 rings (SSSR count). The summed E-state index contributed by atoms with van der Waals surface area (Å²) in [6, 6.07) is 25.2. The average Bonchev–Trinajstić information content (AvgIpc) is 3.10. The first kappa shape index (κ1) is 33.6. The van der Waals surface area contributed by atoms with Gasteiger partial charge in [-0.2, -0.15) is 0 Å². The highest BCUT2D eigenvalue weighted by Crippen LogP contribution is 2.66. The molecule has 0 aromatic heterocycles. The quantitative estimate of drug-likeness (QED) is 0.0907. The Morgan fingerprint density at radius 2 is 0.940 bits per heavy atom. The van der Waals surface area contributed by atoms with Crippen LogP contribution in [0.3, 0.4) is 0 Å². The van der Waals surface area contributed by atoms with Crippen LogP contribution in [-0.2, 0) is 48.1 Å². The molecule has 0 atom stereocenters. The van der Waals surface area contributed by atoms with E-state index in [2.05, 4.69) is 126 Å². The van der Waals surface area contributed by atoms with E-state index in [0.717, 1.165) is 25.7 Å². The number of benzene rings is 4. The van der Waals surface area contributed by atoms with Gasteiger partial charge in [-0.15, -0.1) is 0 Å². The van der Waals surface area contributed by atoms with Gasteiger partial charge in [-0.3, -0.25) is 0 Å². The molecule has 50 heavy (non-hydrogen) atoms. The third kappa shape index (κ3) is 5.21. The Morgan fingerprint density at radius 3 is 1.30 bits per heavy atom. The number of nitrogens with zero attached hydrogens (tertiary/aromatic N) is 1. The van der Waals surface area contributed by atoms with Crippen LogP contribution in [0.15, 0.2) is 92.0 Å². The van der Waals surface area contributed by atoms with E-state index in [1.165, 1.54) is 84.8 Å². The van der Waals surface area contributed by atoms with Gasteiger partial charge < -0.3 is 14.4 Å². The molecule has 256 valence electrons. The van der Waals surface area contributed by atoms with E-state index in [9.17, 15) is 9.59 Å². The van der Waals surface area contributed by atoms with E-state index < -0.39 is 0 Å². The van der Waals surface area contributed by atoms with Gasteiger partial charge in [-0.05, 0) is 93.5 Å². The molecular weight excluding hydrogens is 618 g/mol. The number of carbonyl (C=O) groups excluding carboxylic acids is 2. The Kier molecular flexibility index (Phi) is 8.16. The summed E-state index contributed by atoms with van der Waals surface area (Å²) in [7, 11) is 0.